The number of nitrogens with zero attached hydrogens (tertiary/aromatic N) is 2. The average Bonchev–Trinajstić information content (AvgIpc) is 3.26. The molecule has 1 aliphatic carbocycles. The second kappa shape index (κ2) is 6.08. The lowest BCUT2D eigenvalue weighted by atomic mass is 9.98. The van der Waals surface area contributed by atoms with Crippen molar-refractivity contribution in [2.24, 2.45) is 5.92 Å². The van der Waals surface area contributed by atoms with Crippen molar-refractivity contribution >= 4 is 5.91 Å². The fraction of sp³-hybridized carbons (Fsp3) is 0.857. The van der Waals surface area contributed by atoms with Gasteiger partial charge in [0.15, 0.2) is 0 Å². The quantitative estimate of drug-likeness (QED) is 0.733. The van der Waals surface area contributed by atoms with Crippen LogP contribution in [0.25, 0.3) is 0 Å². The molecule has 1 saturated heterocycles. The van der Waals surface area contributed by atoms with Gasteiger partial charge in [0, 0.05) is 12.6 Å². The van der Waals surface area contributed by atoms with Crippen LogP contribution in [0.2, 0.25) is 0 Å². The summed E-state index contributed by atoms with van der Waals surface area (Å²) in [4.78, 5) is 14.1. The highest BCUT2D eigenvalue weighted by Gasteiger charge is 2.43. The number of amides is 1. The predicted molar refractivity (Wildman–Crippen MR) is 72.7 cm³/mol. The second-order valence-electron chi connectivity index (χ2n) is 6.05. The highest BCUT2D eigenvalue weighted by atomic mass is 16.5. The zero-order chi connectivity index (χ0) is 14.8. The largest absolute Gasteiger partial charge is 0.394 e. The molecule has 3 unspecified atom stereocenters. The number of hydrogen-bond donors (Lipinski definition) is 2. The minimum atomic E-state index is -0.747. The summed E-state index contributed by atoms with van der Waals surface area (Å²) in [5.74, 6) is 0.148. The summed E-state index contributed by atoms with van der Waals surface area (Å²) >= 11 is 0. The van der Waals surface area contributed by atoms with E-state index in [4.69, 9.17) is 9.84 Å². The molecule has 2 fully saturated rings. The molecule has 20 heavy (non-hydrogen) atoms. The number of hydrogen-bond acceptors (Lipinski definition) is 5. The van der Waals surface area contributed by atoms with Crippen molar-refractivity contribution < 1.29 is 14.6 Å². The van der Waals surface area contributed by atoms with Gasteiger partial charge in [-0.05, 0) is 32.6 Å². The van der Waals surface area contributed by atoms with E-state index in [9.17, 15) is 10.1 Å². The van der Waals surface area contributed by atoms with E-state index in [1.807, 2.05) is 11.8 Å². The van der Waals surface area contributed by atoms with Crippen molar-refractivity contribution in [1.29, 1.82) is 5.26 Å². The van der Waals surface area contributed by atoms with E-state index in [-0.39, 0.29) is 37.1 Å². The highest BCUT2D eigenvalue weighted by molar-refractivity contribution is 5.79. The van der Waals surface area contributed by atoms with E-state index < -0.39 is 5.54 Å². The molecule has 0 aromatic heterocycles. The summed E-state index contributed by atoms with van der Waals surface area (Å²) in [7, 11) is 0. The highest BCUT2D eigenvalue weighted by Crippen LogP contribution is 2.39. The molecule has 0 spiro atoms. The molecule has 0 radical (unpaired) electrons. The third-order valence-electron chi connectivity index (χ3n) is 4.21. The third-order valence-corrected chi connectivity index (χ3v) is 4.21. The number of carbonyl (C=O) groups is 1. The van der Waals surface area contributed by atoms with Gasteiger partial charge in [0.2, 0.25) is 5.91 Å². The first-order valence-corrected chi connectivity index (χ1v) is 7.17. The lowest BCUT2D eigenvalue weighted by Crippen LogP contribution is -2.55. The van der Waals surface area contributed by atoms with E-state index in [0.29, 0.717) is 13.2 Å². The maximum absolute atomic E-state index is 12.2. The van der Waals surface area contributed by atoms with Gasteiger partial charge in [-0.2, -0.15) is 5.26 Å². The lowest BCUT2D eigenvalue weighted by molar-refractivity contribution is -0.129. The molecule has 2 aliphatic rings. The van der Waals surface area contributed by atoms with Crippen molar-refractivity contribution in [3.8, 4) is 6.07 Å². The normalized spacial score (nSPS) is 30.3. The van der Waals surface area contributed by atoms with Gasteiger partial charge in [-0.15, -0.1) is 0 Å². The molecule has 3 atom stereocenters. The summed E-state index contributed by atoms with van der Waals surface area (Å²) in [6.45, 7) is 5.04. The molecule has 1 aliphatic heterocycles. The van der Waals surface area contributed by atoms with Crippen LogP contribution in [0.5, 0.6) is 0 Å². The van der Waals surface area contributed by atoms with Crippen molar-refractivity contribution in [3.63, 3.8) is 0 Å². The Morgan fingerprint density at radius 1 is 1.60 bits per heavy atom. The monoisotopic (exact) mass is 281 g/mol. The maximum Gasteiger partial charge on any atom is 0.235 e. The Labute approximate surface area is 119 Å². The van der Waals surface area contributed by atoms with Crippen LogP contribution in [0, 0.1) is 17.2 Å². The molecule has 1 heterocycles. The van der Waals surface area contributed by atoms with Crippen molar-refractivity contribution in [3.05, 3.63) is 0 Å². The number of ether oxygens (including phenoxy) is 1. The molecule has 2 N–H and O–H groups in total. The van der Waals surface area contributed by atoms with Gasteiger partial charge >= 0.3 is 0 Å². The van der Waals surface area contributed by atoms with Gasteiger partial charge in [0.25, 0.3) is 0 Å². The first-order chi connectivity index (χ1) is 9.48. The Bertz CT molecular complexity index is 405. The van der Waals surface area contributed by atoms with Gasteiger partial charge in [-0.25, -0.2) is 0 Å². The first kappa shape index (κ1) is 15.2. The zero-order valence-electron chi connectivity index (χ0n) is 12.1. The zero-order valence-corrected chi connectivity index (χ0v) is 12.1. The van der Waals surface area contributed by atoms with Gasteiger partial charge in [-0.3, -0.25) is 9.69 Å². The minimum Gasteiger partial charge on any atom is -0.394 e. The van der Waals surface area contributed by atoms with Crippen molar-refractivity contribution in [2.75, 3.05) is 26.3 Å². The van der Waals surface area contributed by atoms with E-state index in [0.717, 1.165) is 12.8 Å². The molecular weight excluding hydrogens is 258 g/mol. The Morgan fingerprint density at radius 2 is 2.30 bits per heavy atom. The molecule has 6 heteroatoms. The van der Waals surface area contributed by atoms with Gasteiger partial charge in [-0.1, -0.05) is 0 Å². The number of carbonyl (C=O) groups excluding carboxylic acids is 1. The van der Waals surface area contributed by atoms with E-state index in [1.165, 1.54) is 0 Å². The summed E-state index contributed by atoms with van der Waals surface area (Å²) in [5.41, 5.74) is -0.747. The number of nitriles is 1. The Kier molecular flexibility index (Phi) is 4.63. The van der Waals surface area contributed by atoms with E-state index >= 15 is 0 Å². The van der Waals surface area contributed by atoms with Crippen LogP contribution in [0.4, 0.5) is 0 Å². The number of aliphatic hydroxyl groups excluding tert-OH is 1. The number of aliphatic hydroxyl groups is 1. The standard InChI is InChI=1S/C14H23N3O3/c1-10-8-20-12(7-18)5-17(10)6-13(19)16-14(2,9-15)11-3-4-11/h10-12,18H,3-8H2,1-2H3,(H,16,19). The minimum absolute atomic E-state index is 0.0389. The van der Waals surface area contributed by atoms with Gasteiger partial charge in [0.1, 0.15) is 5.54 Å². The number of morpholine rings is 1. The van der Waals surface area contributed by atoms with Crippen LogP contribution in [0.3, 0.4) is 0 Å². The lowest BCUT2D eigenvalue weighted by Gasteiger charge is -2.37. The van der Waals surface area contributed by atoms with Crippen LogP contribution < -0.4 is 5.32 Å². The van der Waals surface area contributed by atoms with Crippen LogP contribution in [0.15, 0.2) is 0 Å². The second-order valence-corrected chi connectivity index (χ2v) is 6.05. The molecule has 1 amide bonds. The van der Waals surface area contributed by atoms with Crippen LogP contribution in [0.1, 0.15) is 26.7 Å². The fourth-order valence-electron chi connectivity index (χ4n) is 2.60. The summed E-state index contributed by atoms with van der Waals surface area (Å²) in [6.07, 6.45) is 1.78. The van der Waals surface area contributed by atoms with Crippen LogP contribution in [-0.2, 0) is 9.53 Å². The van der Waals surface area contributed by atoms with Gasteiger partial charge < -0.3 is 15.2 Å². The molecule has 1 saturated carbocycles. The molecule has 0 aromatic rings. The molecule has 112 valence electrons. The summed E-state index contributed by atoms with van der Waals surface area (Å²) < 4.78 is 5.45. The van der Waals surface area contributed by atoms with E-state index in [2.05, 4.69) is 11.4 Å². The SMILES string of the molecule is CC1COC(CO)CN1CC(=O)NC(C)(C#N)C1CC1. The summed E-state index contributed by atoms with van der Waals surface area (Å²) in [6, 6.07) is 2.36. The molecule has 2 rings (SSSR count). The molecule has 6 nitrogen and oxygen atoms in total. The van der Waals surface area contributed by atoms with Crippen LogP contribution in [-0.4, -0.2) is 59.9 Å². The predicted octanol–water partition coefficient (Wildman–Crippen LogP) is -0.124. The van der Waals surface area contributed by atoms with E-state index in [1.54, 1.807) is 6.92 Å². The molecule has 0 aromatic carbocycles. The molecule has 0 bridgehead atoms. The van der Waals surface area contributed by atoms with Crippen molar-refractivity contribution in [2.45, 2.75) is 44.4 Å². The topological polar surface area (TPSA) is 85.6 Å². The fourth-order valence-corrected chi connectivity index (χ4v) is 2.60. The average molecular weight is 281 g/mol. The Hall–Kier alpha value is -1.16. The van der Waals surface area contributed by atoms with Crippen LogP contribution >= 0.6 is 0 Å². The smallest absolute Gasteiger partial charge is 0.235 e. The Morgan fingerprint density at radius 3 is 2.85 bits per heavy atom. The summed E-state index contributed by atoms with van der Waals surface area (Å²) in [5, 5.41) is 21.3. The maximum atomic E-state index is 12.2. The Balaban J connectivity index is 1.88. The third kappa shape index (κ3) is 3.48. The van der Waals surface area contributed by atoms with Gasteiger partial charge in [0.05, 0.1) is 31.9 Å². The molecular formula is C14H23N3O3. The first-order valence-electron chi connectivity index (χ1n) is 7.17. The number of nitrogens with one attached hydrogen (secondary N) is 1. The van der Waals surface area contributed by atoms with Crippen molar-refractivity contribution in [1.82, 2.24) is 10.2 Å². The number of rotatable bonds is 5.